The van der Waals surface area contributed by atoms with Crippen LogP contribution < -0.4 is 9.47 Å². The second kappa shape index (κ2) is 8.33. The van der Waals surface area contributed by atoms with Gasteiger partial charge in [0.2, 0.25) is 0 Å². The van der Waals surface area contributed by atoms with Gasteiger partial charge < -0.3 is 14.6 Å². The summed E-state index contributed by atoms with van der Waals surface area (Å²) in [4.78, 5) is 14.9. The summed E-state index contributed by atoms with van der Waals surface area (Å²) in [5, 5.41) is 11.3. The molecule has 2 rings (SSSR count). The predicted molar refractivity (Wildman–Crippen MR) is 91.2 cm³/mol. The van der Waals surface area contributed by atoms with Crippen molar-refractivity contribution in [1.82, 2.24) is 4.98 Å². The third-order valence-electron chi connectivity index (χ3n) is 2.97. The van der Waals surface area contributed by atoms with E-state index in [0.717, 1.165) is 22.7 Å². The highest BCUT2D eigenvalue weighted by atomic mass is 32.1. The number of hydrogen-bond donors (Lipinski definition) is 1. The molecule has 0 spiro atoms. The molecule has 1 aromatic heterocycles. The average Bonchev–Trinajstić information content (AvgIpc) is 2.97. The summed E-state index contributed by atoms with van der Waals surface area (Å²) < 4.78 is 11.0. The molecule has 1 N–H and O–H groups in total. The van der Waals surface area contributed by atoms with E-state index in [2.05, 4.69) is 11.9 Å². The molecule has 23 heavy (non-hydrogen) atoms. The Labute approximate surface area is 139 Å². The normalized spacial score (nSPS) is 10.9. The third-order valence-corrected chi connectivity index (χ3v) is 3.83. The Morgan fingerprint density at radius 3 is 2.87 bits per heavy atom. The van der Waals surface area contributed by atoms with Crippen molar-refractivity contribution in [3.63, 3.8) is 0 Å². The average molecular weight is 333 g/mol. The van der Waals surface area contributed by atoms with Crippen molar-refractivity contribution in [1.29, 1.82) is 0 Å². The van der Waals surface area contributed by atoms with E-state index in [-0.39, 0.29) is 6.42 Å². The first-order chi connectivity index (χ1) is 11.1. The lowest BCUT2D eigenvalue weighted by molar-refractivity contribution is -0.136. The highest BCUT2D eigenvalue weighted by molar-refractivity contribution is 7.10. The summed E-state index contributed by atoms with van der Waals surface area (Å²) in [7, 11) is 1.61. The van der Waals surface area contributed by atoms with Crippen molar-refractivity contribution < 1.29 is 19.4 Å². The smallest absolute Gasteiger partial charge is 0.309 e. The molecule has 1 aromatic carbocycles. The fraction of sp³-hybridized carbons (Fsp3) is 0.294. The number of benzene rings is 1. The number of carboxylic acids is 1. The van der Waals surface area contributed by atoms with Crippen LogP contribution in [0.4, 0.5) is 0 Å². The monoisotopic (exact) mass is 333 g/mol. The summed E-state index contributed by atoms with van der Waals surface area (Å²) >= 11 is 1.42. The molecule has 0 amide bonds. The molecule has 2 aromatic rings. The van der Waals surface area contributed by atoms with Gasteiger partial charge in [-0.05, 0) is 30.2 Å². The van der Waals surface area contributed by atoms with Crippen LogP contribution in [0.15, 0.2) is 23.6 Å². The maximum absolute atomic E-state index is 10.7. The Bertz CT molecular complexity index is 694. The first-order valence-electron chi connectivity index (χ1n) is 7.27. The van der Waals surface area contributed by atoms with Crippen LogP contribution in [0.2, 0.25) is 0 Å². The molecule has 0 bridgehead atoms. The zero-order chi connectivity index (χ0) is 16.7. The Morgan fingerprint density at radius 2 is 2.17 bits per heavy atom. The number of methoxy groups -OCH3 is 1. The van der Waals surface area contributed by atoms with E-state index in [0.29, 0.717) is 18.1 Å². The summed E-state index contributed by atoms with van der Waals surface area (Å²) in [6.07, 6.45) is 4.65. The van der Waals surface area contributed by atoms with Crippen molar-refractivity contribution in [2.45, 2.75) is 19.8 Å². The van der Waals surface area contributed by atoms with Gasteiger partial charge >= 0.3 is 5.97 Å². The molecule has 0 aliphatic heterocycles. The van der Waals surface area contributed by atoms with Gasteiger partial charge in [-0.15, -0.1) is 11.3 Å². The molecule has 0 atom stereocenters. The van der Waals surface area contributed by atoms with Crippen LogP contribution in [-0.4, -0.2) is 29.8 Å². The first kappa shape index (κ1) is 17.0. The van der Waals surface area contributed by atoms with Crippen molar-refractivity contribution in [2.24, 2.45) is 0 Å². The highest BCUT2D eigenvalue weighted by Gasteiger charge is 2.06. The fourth-order valence-corrected chi connectivity index (χ4v) is 2.63. The molecule has 0 saturated heterocycles. The van der Waals surface area contributed by atoms with E-state index in [4.69, 9.17) is 14.6 Å². The standard InChI is InChI=1S/C17H19NO4S/c1-3-8-22-14-6-4-12(9-15(14)21-2)5-7-16-18-13(11-23-16)10-17(19)20/h4-7,9,11H,3,8,10H2,1-2H3,(H,19,20)/b7-5+. The largest absolute Gasteiger partial charge is 0.493 e. The van der Waals surface area contributed by atoms with E-state index in [1.54, 1.807) is 12.5 Å². The number of carbonyl (C=O) groups is 1. The predicted octanol–water partition coefficient (Wildman–Crippen LogP) is 3.74. The summed E-state index contributed by atoms with van der Waals surface area (Å²) in [5.74, 6) is 0.536. The Hall–Kier alpha value is -2.34. The van der Waals surface area contributed by atoms with Crippen molar-refractivity contribution in [3.05, 3.63) is 39.8 Å². The summed E-state index contributed by atoms with van der Waals surface area (Å²) in [5.41, 5.74) is 1.53. The fourth-order valence-electron chi connectivity index (χ4n) is 1.92. The van der Waals surface area contributed by atoms with Gasteiger partial charge in [0.25, 0.3) is 0 Å². The van der Waals surface area contributed by atoms with Crippen LogP contribution in [0.5, 0.6) is 11.5 Å². The quantitative estimate of drug-likeness (QED) is 0.797. The minimum Gasteiger partial charge on any atom is -0.493 e. The molecular weight excluding hydrogens is 314 g/mol. The SMILES string of the molecule is CCCOc1ccc(/C=C/c2nc(CC(=O)O)cs2)cc1OC. The molecule has 0 saturated carbocycles. The van der Waals surface area contributed by atoms with Crippen molar-refractivity contribution in [2.75, 3.05) is 13.7 Å². The molecule has 6 heteroatoms. The first-order valence-corrected chi connectivity index (χ1v) is 8.15. The van der Waals surface area contributed by atoms with E-state index < -0.39 is 5.97 Å². The van der Waals surface area contributed by atoms with E-state index >= 15 is 0 Å². The minimum absolute atomic E-state index is 0.0539. The lowest BCUT2D eigenvalue weighted by atomic mass is 10.2. The number of hydrogen-bond acceptors (Lipinski definition) is 5. The van der Waals surface area contributed by atoms with E-state index in [1.807, 2.05) is 30.4 Å². The Balaban J connectivity index is 2.09. The Morgan fingerprint density at radius 1 is 1.35 bits per heavy atom. The van der Waals surface area contributed by atoms with Gasteiger partial charge in [0.15, 0.2) is 11.5 Å². The van der Waals surface area contributed by atoms with Crippen LogP contribution in [0.25, 0.3) is 12.2 Å². The van der Waals surface area contributed by atoms with Crippen LogP contribution in [0.1, 0.15) is 29.6 Å². The number of aromatic nitrogens is 1. The molecule has 5 nitrogen and oxygen atoms in total. The lowest BCUT2D eigenvalue weighted by Crippen LogP contribution is -1.99. The number of ether oxygens (including phenoxy) is 2. The minimum atomic E-state index is -0.877. The number of thiazole rings is 1. The highest BCUT2D eigenvalue weighted by Crippen LogP contribution is 2.29. The van der Waals surface area contributed by atoms with Gasteiger partial charge in [0, 0.05) is 5.38 Å². The summed E-state index contributed by atoms with van der Waals surface area (Å²) in [6.45, 7) is 2.70. The lowest BCUT2D eigenvalue weighted by Gasteiger charge is -2.10. The van der Waals surface area contributed by atoms with Gasteiger partial charge in [-0.25, -0.2) is 4.98 Å². The molecule has 0 radical (unpaired) electrons. The maximum Gasteiger partial charge on any atom is 0.309 e. The molecule has 0 aliphatic rings. The van der Waals surface area contributed by atoms with E-state index in [1.165, 1.54) is 11.3 Å². The van der Waals surface area contributed by atoms with Crippen LogP contribution in [0.3, 0.4) is 0 Å². The van der Waals surface area contributed by atoms with Crippen LogP contribution >= 0.6 is 11.3 Å². The number of carboxylic acid groups (broad SMARTS) is 1. The maximum atomic E-state index is 10.7. The van der Waals surface area contributed by atoms with Crippen LogP contribution in [-0.2, 0) is 11.2 Å². The number of aliphatic carboxylic acids is 1. The second-order valence-corrected chi connectivity index (χ2v) is 5.73. The van der Waals surface area contributed by atoms with Gasteiger partial charge in [-0.3, -0.25) is 4.79 Å². The zero-order valence-electron chi connectivity index (χ0n) is 13.1. The third kappa shape index (κ3) is 5.10. The van der Waals surface area contributed by atoms with Crippen LogP contribution in [0, 0.1) is 0 Å². The number of nitrogens with zero attached hydrogens (tertiary/aromatic N) is 1. The van der Waals surface area contributed by atoms with Gasteiger partial charge in [0.05, 0.1) is 25.8 Å². The molecular formula is C17H19NO4S. The molecule has 0 fully saturated rings. The van der Waals surface area contributed by atoms with Gasteiger partial charge in [-0.1, -0.05) is 19.1 Å². The Kier molecular flexibility index (Phi) is 6.17. The molecule has 1 heterocycles. The topological polar surface area (TPSA) is 68.7 Å². The van der Waals surface area contributed by atoms with Gasteiger partial charge in [-0.2, -0.15) is 0 Å². The van der Waals surface area contributed by atoms with E-state index in [9.17, 15) is 4.79 Å². The van der Waals surface area contributed by atoms with Crippen molar-refractivity contribution in [3.8, 4) is 11.5 Å². The molecule has 0 aliphatic carbocycles. The summed E-state index contributed by atoms with van der Waals surface area (Å²) in [6, 6.07) is 5.72. The molecule has 0 unspecified atom stereocenters. The number of rotatable bonds is 8. The van der Waals surface area contributed by atoms with Crippen molar-refractivity contribution >= 4 is 29.5 Å². The molecule has 122 valence electrons. The zero-order valence-corrected chi connectivity index (χ0v) is 13.9. The van der Waals surface area contributed by atoms with Gasteiger partial charge in [0.1, 0.15) is 5.01 Å². The second-order valence-electron chi connectivity index (χ2n) is 4.84.